The van der Waals surface area contributed by atoms with Gasteiger partial charge in [-0.1, -0.05) is 12.1 Å². The molecule has 0 radical (unpaired) electrons. The monoisotopic (exact) mass is 252 g/mol. The molecule has 2 aromatic heterocycles. The molecule has 1 amide bonds. The van der Waals surface area contributed by atoms with E-state index in [1.54, 1.807) is 18.3 Å². The molecule has 0 saturated heterocycles. The van der Waals surface area contributed by atoms with Crippen molar-refractivity contribution in [1.82, 2.24) is 15.0 Å². The number of fused-ring (bicyclic) bond motifs is 1. The minimum atomic E-state index is -0.230. The smallest absolute Gasteiger partial charge is 0.259 e. The van der Waals surface area contributed by atoms with E-state index in [0.29, 0.717) is 11.5 Å². The third-order valence-corrected chi connectivity index (χ3v) is 2.79. The summed E-state index contributed by atoms with van der Waals surface area (Å²) in [6.07, 6.45) is 1.55. The Hall–Kier alpha value is -2.69. The molecular weight excluding hydrogens is 240 g/mol. The van der Waals surface area contributed by atoms with E-state index < -0.39 is 0 Å². The molecule has 2 N–H and O–H groups in total. The first-order chi connectivity index (χ1) is 9.22. The van der Waals surface area contributed by atoms with Gasteiger partial charge in [-0.2, -0.15) is 0 Å². The molecule has 3 aromatic rings. The summed E-state index contributed by atoms with van der Waals surface area (Å²) in [7, 11) is 0. The second-order valence-corrected chi connectivity index (χ2v) is 4.24. The first-order valence-corrected chi connectivity index (χ1v) is 5.91. The summed E-state index contributed by atoms with van der Waals surface area (Å²) in [5, 5.41) is 2.72. The highest BCUT2D eigenvalue weighted by molar-refractivity contribution is 6.03. The van der Waals surface area contributed by atoms with Gasteiger partial charge in [0.15, 0.2) is 0 Å². The van der Waals surface area contributed by atoms with E-state index in [2.05, 4.69) is 20.3 Å². The largest absolute Gasteiger partial charge is 0.324 e. The first kappa shape index (κ1) is 11.4. The first-order valence-electron chi connectivity index (χ1n) is 5.91. The van der Waals surface area contributed by atoms with Crippen LogP contribution in [0.25, 0.3) is 11.0 Å². The molecule has 94 valence electrons. The molecule has 3 rings (SSSR count). The average molecular weight is 252 g/mol. The summed E-state index contributed by atoms with van der Waals surface area (Å²) in [5.41, 5.74) is 3.09. The molecule has 0 spiro atoms. The number of aromatic nitrogens is 3. The van der Waals surface area contributed by atoms with Crippen LogP contribution in [0.1, 0.15) is 16.1 Å². The van der Waals surface area contributed by atoms with Crippen molar-refractivity contribution in [1.29, 1.82) is 0 Å². The number of pyridine rings is 1. The fourth-order valence-electron chi connectivity index (χ4n) is 1.79. The number of nitrogens with zero attached hydrogens (tertiary/aromatic N) is 2. The minimum Gasteiger partial charge on any atom is -0.324 e. The molecule has 1 aromatic carbocycles. The normalized spacial score (nSPS) is 10.6. The quantitative estimate of drug-likeness (QED) is 0.736. The van der Waals surface area contributed by atoms with E-state index >= 15 is 0 Å². The number of aromatic amines is 1. The van der Waals surface area contributed by atoms with Crippen LogP contribution in [0.5, 0.6) is 0 Å². The van der Waals surface area contributed by atoms with Crippen molar-refractivity contribution in [2.75, 3.05) is 5.32 Å². The zero-order valence-corrected chi connectivity index (χ0v) is 10.3. The Morgan fingerprint density at radius 1 is 1.21 bits per heavy atom. The molecule has 0 unspecified atom stereocenters. The molecule has 0 aliphatic carbocycles. The van der Waals surface area contributed by atoms with E-state index in [1.165, 1.54) is 0 Å². The summed E-state index contributed by atoms with van der Waals surface area (Å²) in [4.78, 5) is 23.4. The molecule has 5 nitrogen and oxygen atoms in total. The molecule has 5 heteroatoms. The number of anilines is 1. The van der Waals surface area contributed by atoms with Gasteiger partial charge < -0.3 is 4.98 Å². The Labute approximate surface area is 109 Å². The van der Waals surface area contributed by atoms with Gasteiger partial charge in [0, 0.05) is 11.9 Å². The third kappa shape index (κ3) is 2.30. The van der Waals surface area contributed by atoms with Gasteiger partial charge in [0.2, 0.25) is 5.95 Å². The zero-order valence-electron chi connectivity index (χ0n) is 10.3. The van der Waals surface area contributed by atoms with Crippen LogP contribution in [-0.2, 0) is 0 Å². The number of aryl methyl sites for hydroxylation is 1. The number of rotatable bonds is 2. The van der Waals surface area contributed by atoms with E-state index in [9.17, 15) is 4.79 Å². The molecule has 0 aliphatic heterocycles. The van der Waals surface area contributed by atoms with Crippen LogP contribution in [0.15, 0.2) is 42.6 Å². The maximum Gasteiger partial charge on any atom is 0.259 e. The molecule has 0 bridgehead atoms. The third-order valence-electron chi connectivity index (χ3n) is 2.79. The molecule has 0 fully saturated rings. The fourth-order valence-corrected chi connectivity index (χ4v) is 1.79. The average Bonchev–Trinajstić information content (AvgIpc) is 2.81. The number of para-hydroxylation sites is 2. The lowest BCUT2D eigenvalue weighted by Crippen LogP contribution is -2.13. The van der Waals surface area contributed by atoms with Crippen molar-refractivity contribution in [3.8, 4) is 0 Å². The van der Waals surface area contributed by atoms with Gasteiger partial charge in [-0.05, 0) is 31.2 Å². The lowest BCUT2D eigenvalue weighted by molar-refractivity contribution is 0.102. The van der Waals surface area contributed by atoms with E-state index in [0.717, 1.165) is 16.7 Å². The molecule has 0 saturated carbocycles. The second kappa shape index (κ2) is 4.53. The van der Waals surface area contributed by atoms with Crippen molar-refractivity contribution in [3.05, 3.63) is 53.9 Å². The van der Waals surface area contributed by atoms with Gasteiger partial charge in [-0.25, -0.2) is 4.98 Å². The second-order valence-electron chi connectivity index (χ2n) is 4.24. The molecule has 0 atom stereocenters. The Bertz CT molecular complexity index is 698. The number of nitrogens with one attached hydrogen (secondary N) is 2. The maximum atomic E-state index is 12.0. The van der Waals surface area contributed by atoms with Crippen molar-refractivity contribution < 1.29 is 4.79 Å². The zero-order chi connectivity index (χ0) is 13.2. The van der Waals surface area contributed by atoms with Gasteiger partial charge >= 0.3 is 0 Å². The molecule has 2 heterocycles. The van der Waals surface area contributed by atoms with Gasteiger partial charge in [0.1, 0.15) is 0 Å². The number of hydrogen-bond donors (Lipinski definition) is 2. The van der Waals surface area contributed by atoms with E-state index in [-0.39, 0.29) is 5.91 Å². The summed E-state index contributed by atoms with van der Waals surface area (Å²) in [5.74, 6) is 0.207. The SMILES string of the molecule is Cc1ccc(C(=O)Nc2nc3ccccc3[nH]2)cn1. The lowest BCUT2D eigenvalue weighted by Gasteiger charge is -2.01. The predicted octanol–water partition coefficient (Wildman–Crippen LogP) is 2.52. The van der Waals surface area contributed by atoms with Crippen LogP contribution >= 0.6 is 0 Å². The van der Waals surface area contributed by atoms with Crippen LogP contribution in [0, 0.1) is 6.92 Å². The highest BCUT2D eigenvalue weighted by atomic mass is 16.1. The number of carbonyl (C=O) groups excluding carboxylic acids is 1. The number of benzene rings is 1. The van der Waals surface area contributed by atoms with Crippen LogP contribution in [-0.4, -0.2) is 20.9 Å². The molecule has 0 aliphatic rings. The Kier molecular flexibility index (Phi) is 2.72. The standard InChI is InChI=1S/C14H12N4O/c1-9-6-7-10(8-15-9)13(19)18-14-16-11-4-2-3-5-12(11)17-14/h2-8H,1H3,(H2,16,17,18,19). The highest BCUT2D eigenvalue weighted by Gasteiger charge is 2.09. The Morgan fingerprint density at radius 3 is 2.79 bits per heavy atom. The minimum absolute atomic E-state index is 0.230. The van der Waals surface area contributed by atoms with Crippen molar-refractivity contribution in [2.24, 2.45) is 0 Å². The lowest BCUT2D eigenvalue weighted by atomic mass is 10.2. The summed E-state index contributed by atoms with van der Waals surface area (Å²) in [6, 6.07) is 11.1. The summed E-state index contributed by atoms with van der Waals surface area (Å²) >= 11 is 0. The van der Waals surface area contributed by atoms with Gasteiger partial charge in [-0.3, -0.25) is 15.1 Å². The molecular formula is C14H12N4O. The van der Waals surface area contributed by atoms with Crippen molar-refractivity contribution in [3.63, 3.8) is 0 Å². The number of H-pyrrole nitrogens is 1. The van der Waals surface area contributed by atoms with Gasteiger partial charge in [0.25, 0.3) is 5.91 Å². The fraction of sp³-hybridized carbons (Fsp3) is 0.0714. The van der Waals surface area contributed by atoms with Gasteiger partial charge in [-0.15, -0.1) is 0 Å². The van der Waals surface area contributed by atoms with Crippen LogP contribution in [0.2, 0.25) is 0 Å². The van der Waals surface area contributed by atoms with E-state index in [4.69, 9.17) is 0 Å². The van der Waals surface area contributed by atoms with Crippen LogP contribution in [0.4, 0.5) is 5.95 Å². The van der Waals surface area contributed by atoms with Crippen molar-refractivity contribution >= 4 is 22.9 Å². The highest BCUT2D eigenvalue weighted by Crippen LogP contribution is 2.14. The summed E-state index contributed by atoms with van der Waals surface area (Å²) < 4.78 is 0. The van der Waals surface area contributed by atoms with Crippen LogP contribution in [0.3, 0.4) is 0 Å². The summed E-state index contributed by atoms with van der Waals surface area (Å²) in [6.45, 7) is 1.88. The Balaban J connectivity index is 1.84. The van der Waals surface area contributed by atoms with Crippen molar-refractivity contribution in [2.45, 2.75) is 6.92 Å². The van der Waals surface area contributed by atoms with E-state index in [1.807, 2.05) is 31.2 Å². The number of imidazole rings is 1. The van der Waals surface area contributed by atoms with Gasteiger partial charge in [0.05, 0.1) is 16.6 Å². The topological polar surface area (TPSA) is 70.7 Å². The van der Waals surface area contributed by atoms with Crippen LogP contribution < -0.4 is 5.32 Å². The predicted molar refractivity (Wildman–Crippen MR) is 73.0 cm³/mol. The number of hydrogen-bond acceptors (Lipinski definition) is 3. The number of carbonyl (C=O) groups is 1. The Morgan fingerprint density at radius 2 is 2.05 bits per heavy atom. The maximum absolute atomic E-state index is 12.0. The number of amides is 1. The molecule has 19 heavy (non-hydrogen) atoms.